The minimum Gasteiger partial charge on any atom is -0.355 e. The Morgan fingerprint density at radius 3 is 2.36 bits per heavy atom. The Bertz CT molecular complexity index is 1460. The van der Waals surface area contributed by atoms with Crippen molar-refractivity contribution in [2.24, 2.45) is 0 Å². The topological polar surface area (TPSA) is 106 Å². The van der Waals surface area contributed by atoms with Crippen LogP contribution in [0.15, 0.2) is 54.7 Å². The number of anilines is 4. The van der Waals surface area contributed by atoms with Crippen LogP contribution in [0, 0.1) is 0 Å². The first kappa shape index (κ1) is 32.0. The van der Waals surface area contributed by atoms with Crippen molar-refractivity contribution in [1.82, 2.24) is 30.0 Å². The number of likely N-dealkylation sites (tertiary alicyclic amines) is 1. The summed E-state index contributed by atoms with van der Waals surface area (Å²) < 4.78 is 0.933. The molecule has 3 heterocycles. The van der Waals surface area contributed by atoms with E-state index in [1.54, 1.807) is 49.1 Å². The van der Waals surface area contributed by atoms with Crippen molar-refractivity contribution in [2.75, 3.05) is 69.2 Å². The summed E-state index contributed by atoms with van der Waals surface area (Å²) in [5.74, 6) is 1.46. The molecule has 0 spiro atoms. The lowest BCUT2D eigenvalue weighted by molar-refractivity contribution is 0.0694. The van der Waals surface area contributed by atoms with Crippen molar-refractivity contribution in [3.63, 3.8) is 0 Å². The van der Waals surface area contributed by atoms with Crippen LogP contribution in [-0.2, 0) is 0 Å². The molecular weight excluding hydrogens is 616 g/mol. The van der Waals surface area contributed by atoms with E-state index in [9.17, 15) is 9.59 Å². The highest BCUT2D eigenvalue weighted by Gasteiger charge is 2.24. The lowest BCUT2D eigenvalue weighted by atomic mass is 10.1. The van der Waals surface area contributed by atoms with E-state index in [2.05, 4.69) is 35.7 Å². The number of rotatable bonds is 9. The molecule has 0 aliphatic carbocycles. The first-order chi connectivity index (χ1) is 21.4. The van der Waals surface area contributed by atoms with E-state index >= 15 is 0 Å². The minimum absolute atomic E-state index is 0.00359. The molecule has 5 rings (SSSR count). The highest BCUT2D eigenvalue weighted by molar-refractivity contribution is 8.22. The van der Waals surface area contributed by atoms with Crippen LogP contribution in [0.5, 0.6) is 0 Å². The summed E-state index contributed by atoms with van der Waals surface area (Å²) >= 11 is 13.8. The van der Waals surface area contributed by atoms with Gasteiger partial charge in [0.05, 0.1) is 17.4 Å². The largest absolute Gasteiger partial charge is 0.355 e. The van der Waals surface area contributed by atoms with Gasteiger partial charge >= 0.3 is 0 Å². The molecule has 0 atom stereocenters. The van der Waals surface area contributed by atoms with Crippen molar-refractivity contribution in [2.45, 2.75) is 19.3 Å². The number of aromatic nitrogens is 2. The number of nitrogens with zero attached hydrogens (tertiary/aromatic N) is 5. The van der Waals surface area contributed by atoms with E-state index in [0.717, 1.165) is 35.4 Å². The number of piperazine rings is 1. The third-order valence-electron chi connectivity index (χ3n) is 7.69. The Morgan fingerprint density at radius 1 is 0.932 bits per heavy atom. The van der Waals surface area contributed by atoms with Gasteiger partial charge in [-0.3, -0.25) is 9.59 Å². The lowest BCUT2D eigenvalue weighted by Gasteiger charge is -2.36. The average Bonchev–Trinajstić information content (AvgIpc) is 3.06. The molecule has 2 amide bonds. The first-order valence-corrected chi connectivity index (χ1v) is 16.6. The monoisotopic (exact) mass is 652 g/mol. The van der Waals surface area contributed by atoms with Crippen LogP contribution in [0.2, 0.25) is 5.02 Å². The molecule has 10 nitrogen and oxygen atoms in total. The Morgan fingerprint density at radius 2 is 1.64 bits per heavy atom. The summed E-state index contributed by atoms with van der Waals surface area (Å²) in [7, 11) is 1.58. The van der Waals surface area contributed by atoms with Crippen LogP contribution < -0.4 is 16.0 Å². The van der Waals surface area contributed by atoms with Gasteiger partial charge in [0.2, 0.25) is 5.95 Å². The SMILES string of the molecule is CNC(=O)c1ccccc1Nc1nc(Nc2ccc(C(=O)N3CCN(C(=S)SCCN4CCCCC4)CC3)cc2)ncc1Cl. The van der Waals surface area contributed by atoms with Gasteiger partial charge in [0.15, 0.2) is 5.82 Å². The highest BCUT2D eigenvalue weighted by atomic mass is 35.5. The summed E-state index contributed by atoms with van der Waals surface area (Å²) in [5, 5.41) is 9.22. The van der Waals surface area contributed by atoms with Gasteiger partial charge in [-0.2, -0.15) is 4.98 Å². The zero-order chi connectivity index (χ0) is 30.9. The van der Waals surface area contributed by atoms with Crippen LogP contribution in [0.3, 0.4) is 0 Å². The molecule has 2 aliphatic heterocycles. The second-order valence-electron chi connectivity index (χ2n) is 10.6. The van der Waals surface area contributed by atoms with Crippen molar-refractivity contribution in [3.8, 4) is 0 Å². The standard InChI is InChI=1S/C31H37ClN8O2S2/c1-33-28(41)24-7-3-4-8-26(24)36-27-25(32)21-34-30(37-27)35-23-11-9-22(10-12-23)29(42)39-15-17-40(18-16-39)31(43)44-20-19-38-13-5-2-6-14-38/h3-4,7-12,21H,2,5-6,13-20H2,1H3,(H,33,41)(H2,34,35,36,37). The zero-order valence-electron chi connectivity index (χ0n) is 24.7. The number of benzene rings is 2. The fourth-order valence-electron chi connectivity index (χ4n) is 5.20. The fourth-order valence-corrected chi connectivity index (χ4v) is 6.66. The molecule has 2 aliphatic rings. The highest BCUT2D eigenvalue weighted by Crippen LogP contribution is 2.27. The van der Waals surface area contributed by atoms with E-state index < -0.39 is 0 Å². The second kappa shape index (κ2) is 15.5. The maximum Gasteiger partial charge on any atom is 0.253 e. The summed E-state index contributed by atoms with van der Waals surface area (Å²) in [6.07, 6.45) is 5.44. The average molecular weight is 653 g/mol. The number of amides is 2. The van der Waals surface area contributed by atoms with Gasteiger partial charge in [0.1, 0.15) is 9.34 Å². The van der Waals surface area contributed by atoms with Gasteiger partial charge in [0, 0.05) is 56.8 Å². The molecule has 3 N–H and O–H groups in total. The number of carbonyl (C=O) groups is 2. The Hall–Kier alpha value is -3.45. The number of halogens is 1. The van der Waals surface area contributed by atoms with Crippen LogP contribution in [0.4, 0.5) is 23.1 Å². The molecule has 2 aromatic carbocycles. The number of nitrogens with one attached hydrogen (secondary N) is 3. The van der Waals surface area contributed by atoms with E-state index in [4.69, 9.17) is 23.8 Å². The molecule has 13 heteroatoms. The van der Waals surface area contributed by atoms with E-state index in [-0.39, 0.29) is 11.8 Å². The normalized spacial score (nSPS) is 15.5. The molecule has 0 bridgehead atoms. The van der Waals surface area contributed by atoms with Gasteiger partial charge < -0.3 is 30.7 Å². The Kier molecular flexibility index (Phi) is 11.3. The predicted octanol–water partition coefficient (Wildman–Crippen LogP) is 5.24. The summed E-state index contributed by atoms with van der Waals surface area (Å²) in [5.41, 5.74) is 2.37. The predicted molar refractivity (Wildman–Crippen MR) is 183 cm³/mol. The molecule has 2 fully saturated rings. The van der Waals surface area contributed by atoms with Crippen molar-refractivity contribution < 1.29 is 9.59 Å². The van der Waals surface area contributed by atoms with Crippen molar-refractivity contribution >= 4 is 74.9 Å². The number of piperidine rings is 1. The van der Waals surface area contributed by atoms with Crippen molar-refractivity contribution in [3.05, 3.63) is 70.9 Å². The van der Waals surface area contributed by atoms with Gasteiger partial charge in [0.25, 0.3) is 11.8 Å². The van der Waals surface area contributed by atoms with Crippen LogP contribution in [0.25, 0.3) is 0 Å². The second-order valence-corrected chi connectivity index (χ2v) is 12.8. The number of para-hydroxylation sites is 1. The number of carbonyl (C=O) groups excluding carboxylic acids is 2. The Balaban J connectivity index is 1.12. The number of hydrogen-bond acceptors (Lipinski definition) is 9. The summed E-state index contributed by atoms with van der Waals surface area (Å²) in [6.45, 7) is 6.28. The third-order valence-corrected chi connectivity index (χ3v) is 9.47. The maximum atomic E-state index is 13.2. The summed E-state index contributed by atoms with van der Waals surface area (Å²) in [6, 6.07) is 14.3. The van der Waals surface area contributed by atoms with Crippen molar-refractivity contribution in [1.29, 1.82) is 0 Å². The molecule has 2 saturated heterocycles. The van der Waals surface area contributed by atoms with E-state index in [0.29, 0.717) is 46.7 Å². The van der Waals surface area contributed by atoms with Gasteiger partial charge in [-0.05, 0) is 62.3 Å². The number of hydrogen-bond donors (Lipinski definition) is 3. The van der Waals surface area contributed by atoms with Crippen LogP contribution >= 0.6 is 35.6 Å². The molecule has 0 radical (unpaired) electrons. The Labute approximate surface area is 272 Å². The lowest BCUT2D eigenvalue weighted by Crippen LogP contribution is -2.49. The fraction of sp³-hybridized carbons (Fsp3) is 0.387. The van der Waals surface area contributed by atoms with Gasteiger partial charge in [-0.25, -0.2) is 4.98 Å². The van der Waals surface area contributed by atoms with Crippen LogP contribution in [0.1, 0.15) is 40.0 Å². The third kappa shape index (κ3) is 8.38. The molecule has 232 valence electrons. The summed E-state index contributed by atoms with van der Waals surface area (Å²) in [4.78, 5) is 40.9. The molecule has 0 saturated carbocycles. The van der Waals surface area contributed by atoms with Gasteiger partial charge in [-0.15, -0.1) is 0 Å². The first-order valence-electron chi connectivity index (χ1n) is 14.8. The molecule has 3 aromatic rings. The van der Waals surface area contributed by atoms with Crippen LogP contribution in [-0.4, -0.2) is 99.4 Å². The molecular formula is C31H37ClN8O2S2. The quantitative estimate of drug-likeness (QED) is 0.266. The molecule has 44 heavy (non-hydrogen) atoms. The van der Waals surface area contributed by atoms with E-state index in [1.165, 1.54) is 38.5 Å². The molecule has 1 aromatic heterocycles. The number of thiocarbonyl (C=S) groups is 1. The van der Waals surface area contributed by atoms with Gasteiger partial charge in [-0.1, -0.05) is 54.1 Å². The maximum absolute atomic E-state index is 13.2. The number of thioether (sulfide) groups is 1. The minimum atomic E-state index is -0.228. The van der Waals surface area contributed by atoms with E-state index in [1.807, 2.05) is 23.1 Å². The zero-order valence-corrected chi connectivity index (χ0v) is 27.1. The smallest absolute Gasteiger partial charge is 0.253 e. The molecule has 0 unspecified atom stereocenters.